The number of likely N-dealkylation sites (N-methyl/N-ethyl adjacent to an activating group) is 1. The van der Waals surface area contributed by atoms with Gasteiger partial charge in [0.05, 0.1) is 23.2 Å². The fourth-order valence-electron chi connectivity index (χ4n) is 3.42. The second-order valence-corrected chi connectivity index (χ2v) is 6.60. The number of para-hydroxylation sites is 1. The van der Waals surface area contributed by atoms with E-state index in [9.17, 15) is 22.8 Å². The zero-order valence-corrected chi connectivity index (χ0v) is 14.7. The minimum Gasteiger partial charge on any atom is -0.333 e. The van der Waals surface area contributed by atoms with E-state index in [-0.39, 0.29) is 31.2 Å². The predicted molar refractivity (Wildman–Crippen MR) is 92.3 cm³/mol. The van der Waals surface area contributed by atoms with Crippen LogP contribution in [0.5, 0.6) is 0 Å². The zero-order valence-electron chi connectivity index (χ0n) is 14.7. The molecule has 0 radical (unpaired) electrons. The normalized spacial score (nSPS) is 16.3. The number of nitrogens with one attached hydrogen (secondary N) is 1. The van der Waals surface area contributed by atoms with E-state index in [1.165, 1.54) is 23.1 Å². The molecule has 26 heavy (non-hydrogen) atoms. The van der Waals surface area contributed by atoms with Crippen LogP contribution in [0.1, 0.15) is 38.2 Å². The van der Waals surface area contributed by atoms with Gasteiger partial charge in [-0.05, 0) is 31.9 Å². The van der Waals surface area contributed by atoms with E-state index in [0.717, 1.165) is 18.9 Å². The summed E-state index contributed by atoms with van der Waals surface area (Å²) in [6, 6.07) is 4.76. The van der Waals surface area contributed by atoms with Crippen LogP contribution < -0.4 is 11.1 Å². The Bertz CT molecular complexity index is 655. The Kier molecular flexibility index (Phi) is 6.28. The predicted octanol–water partition coefficient (Wildman–Crippen LogP) is 3.01. The lowest BCUT2D eigenvalue weighted by Gasteiger charge is -2.32. The number of nitrogens with zero attached hydrogens (tertiary/aromatic N) is 1. The third-order valence-corrected chi connectivity index (χ3v) is 4.92. The number of anilines is 1. The zero-order chi connectivity index (χ0) is 19.4. The summed E-state index contributed by atoms with van der Waals surface area (Å²) in [4.78, 5) is 26.5. The van der Waals surface area contributed by atoms with Crippen LogP contribution in [0.3, 0.4) is 0 Å². The van der Waals surface area contributed by atoms with Crippen molar-refractivity contribution < 1.29 is 22.8 Å². The van der Waals surface area contributed by atoms with Crippen molar-refractivity contribution >= 4 is 17.5 Å². The largest absolute Gasteiger partial charge is 0.418 e. The van der Waals surface area contributed by atoms with Gasteiger partial charge in [0.15, 0.2) is 0 Å². The Morgan fingerprint density at radius 2 is 1.85 bits per heavy atom. The van der Waals surface area contributed by atoms with Crippen LogP contribution in [-0.2, 0) is 15.8 Å². The van der Waals surface area contributed by atoms with Gasteiger partial charge in [-0.2, -0.15) is 13.2 Å². The molecule has 1 aromatic rings. The van der Waals surface area contributed by atoms with Crippen LogP contribution in [-0.4, -0.2) is 36.3 Å². The quantitative estimate of drug-likeness (QED) is 0.807. The summed E-state index contributed by atoms with van der Waals surface area (Å²) >= 11 is 0. The Balaban J connectivity index is 2.10. The average molecular weight is 371 g/mol. The molecule has 8 heteroatoms. The Morgan fingerprint density at radius 1 is 1.23 bits per heavy atom. The van der Waals surface area contributed by atoms with Crippen molar-refractivity contribution in [2.75, 3.05) is 25.0 Å². The third-order valence-electron chi connectivity index (χ3n) is 4.92. The molecular weight excluding hydrogens is 347 g/mol. The van der Waals surface area contributed by atoms with Crippen molar-refractivity contribution in [1.29, 1.82) is 0 Å². The van der Waals surface area contributed by atoms with Crippen molar-refractivity contribution in [3.05, 3.63) is 29.8 Å². The van der Waals surface area contributed by atoms with Crippen LogP contribution in [0.15, 0.2) is 24.3 Å². The highest BCUT2D eigenvalue weighted by Gasteiger charge is 2.42. The summed E-state index contributed by atoms with van der Waals surface area (Å²) in [6.07, 6.45) is -1.40. The molecule has 0 unspecified atom stereocenters. The van der Waals surface area contributed by atoms with Gasteiger partial charge >= 0.3 is 6.18 Å². The topological polar surface area (TPSA) is 75.4 Å². The molecule has 2 rings (SSSR count). The number of halogens is 3. The highest BCUT2D eigenvalue weighted by molar-refractivity contribution is 5.96. The van der Waals surface area contributed by atoms with E-state index in [0.29, 0.717) is 12.8 Å². The number of carbonyl (C=O) groups excluding carboxylic acids is 2. The molecule has 144 valence electrons. The summed E-state index contributed by atoms with van der Waals surface area (Å²) in [5, 5.41) is 2.27. The Morgan fingerprint density at radius 3 is 2.38 bits per heavy atom. The molecular formula is C18H24F3N3O2. The maximum atomic E-state index is 13.0. The number of hydrogen-bond donors (Lipinski definition) is 2. The van der Waals surface area contributed by atoms with Crippen LogP contribution in [0.4, 0.5) is 18.9 Å². The highest BCUT2D eigenvalue weighted by Crippen LogP contribution is 2.39. The van der Waals surface area contributed by atoms with Crippen LogP contribution in [0.25, 0.3) is 0 Å². The number of nitrogens with two attached hydrogens (primary N) is 1. The summed E-state index contributed by atoms with van der Waals surface area (Å²) in [6.45, 7) is 1.92. The molecule has 0 atom stereocenters. The summed E-state index contributed by atoms with van der Waals surface area (Å²) in [5.41, 5.74) is 3.92. The van der Waals surface area contributed by atoms with Crippen molar-refractivity contribution in [1.82, 2.24) is 4.90 Å². The number of hydrogen-bond acceptors (Lipinski definition) is 3. The van der Waals surface area contributed by atoms with Gasteiger partial charge in [0.1, 0.15) is 0 Å². The fourth-order valence-corrected chi connectivity index (χ4v) is 3.42. The molecule has 1 aliphatic carbocycles. The van der Waals surface area contributed by atoms with E-state index >= 15 is 0 Å². The SMILES string of the molecule is CCN(CC(=O)Nc1ccccc1C(F)(F)F)C(=O)C1(CN)CCCC1. The first-order valence-electron chi connectivity index (χ1n) is 8.69. The van der Waals surface area contributed by atoms with Gasteiger partial charge in [-0.15, -0.1) is 0 Å². The lowest BCUT2D eigenvalue weighted by molar-refractivity contribution is -0.143. The number of carbonyl (C=O) groups is 2. The highest BCUT2D eigenvalue weighted by atomic mass is 19.4. The maximum absolute atomic E-state index is 13.0. The van der Waals surface area contributed by atoms with Crippen molar-refractivity contribution in [2.45, 2.75) is 38.8 Å². The van der Waals surface area contributed by atoms with Crippen molar-refractivity contribution in [3.63, 3.8) is 0 Å². The van der Waals surface area contributed by atoms with E-state index < -0.39 is 23.1 Å². The molecule has 1 aliphatic rings. The number of rotatable bonds is 6. The minimum atomic E-state index is -4.57. The monoisotopic (exact) mass is 371 g/mol. The van der Waals surface area contributed by atoms with Gasteiger partial charge in [-0.25, -0.2) is 0 Å². The Labute approximate surface area is 150 Å². The fraction of sp³-hybridized carbons (Fsp3) is 0.556. The molecule has 0 saturated heterocycles. The lowest BCUT2D eigenvalue weighted by atomic mass is 9.84. The first-order valence-corrected chi connectivity index (χ1v) is 8.69. The van der Waals surface area contributed by atoms with Crippen LogP contribution in [0, 0.1) is 5.41 Å². The number of amides is 2. The summed E-state index contributed by atoms with van der Waals surface area (Å²) < 4.78 is 39.1. The lowest BCUT2D eigenvalue weighted by Crippen LogP contribution is -2.49. The summed E-state index contributed by atoms with van der Waals surface area (Å²) in [5.74, 6) is -0.860. The first-order chi connectivity index (χ1) is 12.2. The molecule has 1 saturated carbocycles. The standard InChI is InChI=1S/C18H24F3N3O2/c1-2-24(16(26)17(12-22)9-5-6-10-17)11-15(25)23-14-8-4-3-7-13(14)18(19,20)21/h3-4,7-8H,2,5-6,9-12,22H2,1H3,(H,23,25). The van der Waals surface area contributed by atoms with E-state index in [4.69, 9.17) is 5.73 Å². The molecule has 3 N–H and O–H groups in total. The molecule has 1 fully saturated rings. The molecule has 5 nitrogen and oxygen atoms in total. The van der Waals surface area contributed by atoms with Gasteiger partial charge in [0, 0.05) is 13.1 Å². The minimum absolute atomic E-state index is 0.195. The van der Waals surface area contributed by atoms with Crippen LogP contribution in [0.2, 0.25) is 0 Å². The van der Waals surface area contributed by atoms with E-state index in [1.807, 2.05) is 0 Å². The number of alkyl halides is 3. The Hall–Kier alpha value is -2.09. The van der Waals surface area contributed by atoms with Gasteiger partial charge in [0.2, 0.25) is 11.8 Å². The second-order valence-electron chi connectivity index (χ2n) is 6.60. The van der Waals surface area contributed by atoms with Gasteiger partial charge in [-0.3, -0.25) is 9.59 Å². The molecule has 0 heterocycles. The molecule has 0 bridgehead atoms. The van der Waals surface area contributed by atoms with E-state index in [1.54, 1.807) is 6.92 Å². The van der Waals surface area contributed by atoms with Gasteiger partial charge in [-0.1, -0.05) is 25.0 Å². The first kappa shape index (κ1) is 20.2. The summed E-state index contributed by atoms with van der Waals surface area (Å²) in [7, 11) is 0. The second kappa shape index (κ2) is 8.07. The molecule has 0 spiro atoms. The third kappa shape index (κ3) is 4.35. The van der Waals surface area contributed by atoms with Gasteiger partial charge < -0.3 is 16.0 Å². The molecule has 0 aromatic heterocycles. The van der Waals surface area contributed by atoms with Crippen molar-refractivity contribution in [2.24, 2.45) is 11.1 Å². The smallest absolute Gasteiger partial charge is 0.333 e. The van der Waals surface area contributed by atoms with Gasteiger partial charge in [0.25, 0.3) is 0 Å². The van der Waals surface area contributed by atoms with E-state index in [2.05, 4.69) is 5.32 Å². The molecule has 1 aromatic carbocycles. The number of benzene rings is 1. The van der Waals surface area contributed by atoms with Crippen molar-refractivity contribution in [3.8, 4) is 0 Å². The molecule has 0 aliphatic heterocycles. The molecule has 2 amide bonds. The average Bonchev–Trinajstić information content (AvgIpc) is 3.09. The maximum Gasteiger partial charge on any atom is 0.418 e. The van der Waals surface area contributed by atoms with Crippen LogP contribution >= 0.6 is 0 Å².